The lowest BCUT2D eigenvalue weighted by atomic mass is 10.1. The highest BCUT2D eigenvalue weighted by molar-refractivity contribution is 8.13. The first-order valence-electron chi connectivity index (χ1n) is 4.48. The topological polar surface area (TPSA) is 17.1 Å². The van der Waals surface area contributed by atoms with Gasteiger partial charge in [0.15, 0.2) is 5.12 Å². The van der Waals surface area contributed by atoms with Gasteiger partial charge >= 0.3 is 0 Å². The molecule has 15 heavy (non-hydrogen) atoms. The van der Waals surface area contributed by atoms with E-state index < -0.39 is 0 Å². The van der Waals surface area contributed by atoms with Crippen molar-refractivity contribution in [3.05, 3.63) is 34.3 Å². The van der Waals surface area contributed by atoms with Crippen molar-refractivity contribution in [3.8, 4) is 11.8 Å². The van der Waals surface area contributed by atoms with Crippen molar-refractivity contribution in [1.82, 2.24) is 0 Å². The maximum atomic E-state index is 10.6. The van der Waals surface area contributed by atoms with Gasteiger partial charge in [-0.1, -0.05) is 47.3 Å². The predicted octanol–water partition coefficient (Wildman–Crippen LogP) is 3.28. The number of hydrogen-bond acceptors (Lipinski definition) is 2. The highest BCUT2D eigenvalue weighted by Gasteiger charge is 1.98. The van der Waals surface area contributed by atoms with Gasteiger partial charge in [0.1, 0.15) is 0 Å². The van der Waals surface area contributed by atoms with Gasteiger partial charge in [-0.15, -0.1) is 0 Å². The largest absolute Gasteiger partial charge is 0.288 e. The Hall–Kier alpha value is -0.910. The number of aryl methyl sites for hydroxylation is 1. The minimum absolute atomic E-state index is 0.0830. The summed E-state index contributed by atoms with van der Waals surface area (Å²) >= 11 is 7.26. The van der Waals surface area contributed by atoms with Crippen LogP contribution in [-0.4, -0.2) is 10.9 Å². The molecule has 0 aromatic heterocycles. The Balaban J connectivity index is 2.72. The fourth-order valence-corrected chi connectivity index (χ4v) is 1.53. The first-order valence-corrected chi connectivity index (χ1v) is 5.85. The Morgan fingerprint density at radius 1 is 1.53 bits per heavy atom. The maximum Gasteiger partial charge on any atom is 0.186 e. The molecule has 0 saturated heterocycles. The molecular weight excluding hydrogens is 228 g/mol. The number of carbonyl (C=O) groups is 1. The second-order valence-electron chi connectivity index (χ2n) is 3.02. The Bertz CT molecular complexity index is 429. The van der Waals surface area contributed by atoms with E-state index in [1.807, 2.05) is 25.1 Å². The maximum absolute atomic E-state index is 10.6. The number of thioether (sulfide) groups is 1. The van der Waals surface area contributed by atoms with Crippen LogP contribution < -0.4 is 0 Å². The monoisotopic (exact) mass is 238 g/mol. The van der Waals surface area contributed by atoms with Crippen LogP contribution in [0.5, 0.6) is 0 Å². The average molecular weight is 239 g/mol. The molecule has 0 aliphatic heterocycles. The van der Waals surface area contributed by atoms with E-state index in [-0.39, 0.29) is 5.12 Å². The number of hydrogen-bond donors (Lipinski definition) is 0. The van der Waals surface area contributed by atoms with Crippen molar-refractivity contribution in [2.24, 2.45) is 0 Å². The molecule has 0 radical (unpaired) electrons. The SMILES string of the molecule is CC(=O)SCC#Cc1cccc(C)c1Cl. The summed E-state index contributed by atoms with van der Waals surface area (Å²) in [6, 6.07) is 5.74. The van der Waals surface area contributed by atoms with Crippen molar-refractivity contribution in [2.45, 2.75) is 13.8 Å². The van der Waals surface area contributed by atoms with Crippen molar-refractivity contribution in [3.63, 3.8) is 0 Å². The van der Waals surface area contributed by atoms with Crippen LogP contribution in [0.1, 0.15) is 18.1 Å². The smallest absolute Gasteiger partial charge is 0.186 e. The van der Waals surface area contributed by atoms with E-state index in [0.29, 0.717) is 10.8 Å². The standard InChI is InChI=1S/C12H11ClOS/c1-9-5-3-6-11(12(9)13)7-4-8-15-10(2)14/h3,5-6H,8H2,1-2H3. The fourth-order valence-electron chi connectivity index (χ4n) is 1.01. The molecule has 0 aliphatic carbocycles. The molecule has 0 amide bonds. The van der Waals surface area contributed by atoms with Gasteiger partial charge in [0.2, 0.25) is 0 Å². The van der Waals surface area contributed by atoms with Crippen LogP contribution in [-0.2, 0) is 4.79 Å². The third kappa shape index (κ3) is 3.99. The van der Waals surface area contributed by atoms with Gasteiger partial charge in [0, 0.05) is 12.5 Å². The van der Waals surface area contributed by atoms with Gasteiger partial charge in [-0.3, -0.25) is 4.79 Å². The normalized spacial score (nSPS) is 9.27. The predicted molar refractivity (Wildman–Crippen MR) is 66.2 cm³/mol. The molecule has 1 aromatic rings. The molecule has 0 bridgehead atoms. The summed E-state index contributed by atoms with van der Waals surface area (Å²) in [6.07, 6.45) is 0. The molecule has 0 spiro atoms. The van der Waals surface area contributed by atoms with Crippen molar-refractivity contribution >= 4 is 28.5 Å². The fraction of sp³-hybridized carbons (Fsp3) is 0.250. The average Bonchev–Trinajstić information content (AvgIpc) is 2.18. The molecule has 3 heteroatoms. The molecule has 1 rings (SSSR count). The summed E-state index contributed by atoms with van der Waals surface area (Å²) in [5.74, 6) is 6.38. The van der Waals surface area contributed by atoms with E-state index in [2.05, 4.69) is 11.8 Å². The lowest BCUT2D eigenvalue weighted by Crippen LogP contribution is -1.84. The van der Waals surface area contributed by atoms with Crippen LogP contribution >= 0.6 is 23.4 Å². The Kier molecular flexibility index (Phi) is 4.74. The lowest BCUT2D eigenvalue weighted by molar-refractivity contribution is -0.109. The molecule has 78 valence electrons. The van der Waals surface area contributed by atoms with E-state index in [1.165, 1.54) is 18.7 Å². The molecule has 0 atom stereocenters. The highest BCUT2D eigenvalue weighted by atomic mass is 35.5. The van der Waals surface area contributed by atoms with Gasteiger partial charge in [-0.05, 0) is 18.6 Å². The third-order valence-electron chi connectivity index (χ3n) is 1.76. The van der Waals surface area contributed by atoms with Gasteiger partial charge in [-0.25, -0.2) is 0 Å². The van der Waals surface area contributed by atoms with Gasteiger partial charge in [0.25, 0.3) is 0 Å². The van der Waals surface area contributed by atoms with Crippen molar-refractivity contribution in [1.29, 1.82) is 0 Å². The van der Waals surface area contributed by atoms with E-state index >= 15 is 0 Å². The van der Waals surface area contributed by atoms with Crippen molar-refractivity contribution in [2.75, 3.05) is 5.75 Å². The van der Waals surface area contributed by atoms with Crippen LogP contribution in [0, 0.1) is 18.8 Å². The molecule has 0 unspecified atom stereocenters. The van der Waals surface area contributed by atoms with Gasteiger partial charge < -0.3 is 0 Å². The molecule has 1 aromatic carbocycles. The first-order chi connectivity index (χ1) is 7.11. The summed E-state index contributed by atoms with van der Waals surface area (Å²) in [6.45, 7) is 3.48. The zero-order valence-corrected chi connectivity index (χ0v) is 10.2. The Labute approximate surface area is 99.2 Å². The summed E-state index contributed by atoms with van der Waals surface area (Å²) in [5.41, 5.74) is 1.84. The van der Waals surface area contributed by atoms with E-state index in [1.54, 1.807) is 0 Å². The molecule has 0 N–H and O–H groups in total. The molecule has 0 saturated carbocycles. The minimum atomic E-state index is 0.0830. The van der Waals surface area contributed by atoms with Gasteiger partial charge in [-0.2, -0.15) is 0 Å². The first kappa shape index (κ1) is 12.2. The molecule has 1 nitrogen and oxygen atoms in total. The third-order valence-corrected chi connectivity index (χ3v) is 2.96. The van der Waals surface area contributed by atoms with Crippen LogP contribution in [0.15, 0.2) is 18.2 Å². The van der Waals surface area contributed by atoms with Crippen molar-refractivity contribution < 1.29 is 4.79 Å². The lowest BCUT2D eigenvalue weighted by Gasteiger charge is -1.98. The summed E-state index contributed by atoms with van der Waals surface area (Å²) in [4.78, 5) is 10.6. The quantitative estimate of drug-likeness (QED) is 0.699. The van der Waals surface area contributed by atoms with Gasteiger partial charge in [0.05, 0.1) is 10.8 Å². The number of carbonyl (C=O) groups excluding carboxylic acids is 1. The Morgan fingerprint density at radius 2 is 2.27 bits per heavy atom. The van der Waals surface area contributed by atoms with Crippen LogP contribution in [0.25, 0.3) is 0 Å². The zero-order valence-electron chi connectivity index (χ0n) is 8.63. The number of halogens is 1. The number of rotatable bonds is 1. The molecule has 0 heterocycles. The molecular formula is C12H11ClOS. The molecule has 0 aliphatic rings. The Morgan fingerprint density at radius 3 is 2.93 bits per heavy atom. The second-order valence-corrected chi connectivity index (χ2v) is 4.55. The van der Waals surface area contributed by atoms with Crippen LogP contribution in [0.4, 0.5) is 0 Å². The zero-order chi connectivity index (χ0) is 11.3. The molecule has 0 fully saturated rings. The minimum Gasteiger partial charge on any atom is -0.288 e. The van der Waals surface area contributed by atoms with Crippen LogP contribution in [0.2, 0.25) is 5.02 Å². The summed E-state index contributed by atoms with van der Waals surface area (Å²) < 4.78 is 0. The van der Waals surface area contributed by atoms with E-state index in [9.17, 15) is 4.79 Å². The van der Waals surface area contributed by atoms with Crippen LogP contribution in [0.3, 0.4) is 0 Å². The second kappa shape index (κ2) is 5.85. The van der Waals surface area contributed by atoms with E-state index in [4.69, 9.17) is 11.6 Å². The summed E-state index contributed by atoms with van der Waals surface area (Å²) in [7, 11) is 0. The number of benzene rings is 1. The summed E-state index contributed by atoms with van der Waals surface area (Å²) in [5, 5.41) is 0.775. The van der Waals surface area contributed by atoms with E-state index in [0.717, 1.165) is 11.1 Å². The highest BCUT2D eigenvalue weighted by Crippen LogP contribution is 2.19.